The van der Waals surface area contributed by atoms with Crippen molar-refractivity contribution in [1.29, 1.82) is 0 Å². The Hall–Kier alpha value is -0.930. The molecule has 0 atom stereocenters. The van der Waals surface area contributed by atoms with Gasteiger partial charge in [-0.25, -0.2) is 4.39 Å². The molecule has 2 N–H and O–H groups in total. The summed E-state index contributed by atoms with van der Waals surface area (Å²) in [5, 5.41) is 11.4. The molecule has 0 heterocycles. The van der Waals surface area contributed by atoms with Gasteiger partial charge in [-0.3, -0.25) is 0 Å². The Morgan fingerprint density at radius 2 is 2.23 bits per heavy atom. The highest BCUT2D eigenvalue weighted by Gasteiger charge is 2.00. The summed E-state index contributed by atoms with van der Waals surface area (Å²) >= 11 is 0. The van der Waals surface area contributed by atoms with Crippen LogP contribution in [0.3, 0.4) is 0 Å². The smallest absolute Gasteiger partial charge is 0.127 e. The number of hydrogen-bond donors (Lipinski definition) is 2. The summed E-state index contributed by atoms with van der Waals surface area (Å²) in [7, 11) is 0. The minimum absolute atomic E-state index is 0.0768. The van der Waals surface area contributed by atoms with Gasteiger partial charge in [-0.1, -0.05) is 17.7 Å². The Morgan fingerprint density at radius 3 is 2.92 bits per heavy atom. The maximum Gasteiger partial charge on any atom is 0.127 e. The monoisotopic (exact) mass is 183 g/mol. The van der Waals surface area contributed by atoms with Gasteiger partial charge in [0.2, 0.25) is 0 Å². The first kappa shape index (κ1) is 10.2. The van der Waals surface area contributed by atoms with Crippen molar-refractivity contribution in [2.75, 3.05) is 13.2 Å². The number of benzene rings is 1. The van der Waals surface area contributed by atoms with Crippen molar-refractivity contribution in [2.24, 2.45) is 0 Å². The first-order valence-corrected chi connectivity index (χ1v) is 4.30. The number of aryl methyl sites for hydroxylation is 1. The first-order chi connectivity index (χ1) is 6.24. The van der Waals surface area contributed by atoms with E-state index in [1.54, 1.807) is 12.1 Å². The summed E-state index contributed by atoms with van der Waals surface area (Å²) in [6, 6.07) is 5.01. The van der Waals surface area contributed by atoms with Crippen LogP contribution in [0.1, 0.15) is 11.1 Å². The first-order valence-electron chi connectivity index (χ1n) is 4.30. The largest absolute Gasteiger partial charge is 0.395 e. The highest BCUT2D eigenvalue weighted by molar-refractivity contribution is 5.23. The molecule has 0 spiro atoms. The average Bonchev–Trinajstić information content (AvgIpc) is 2.11. The van der Waals surface area contributed by atoms with Gasteiger partial charge in [0.1, 0.15) is 5.82 Å². The molecule has 72 valence electrons. The zero-order chi connectivity index (χ0) is 9.68. The minimum atomic E-state index is -0.198. The van der Waals surface area contributed by atoms with Crippen LogP contribution in [0, 0.1) is 12.7 Å². The lowest BCUT2D eigenvalue weighted by Gasteiger charge is -2.05. The van der Waals surface area contributed by atoms with E-state index in [1.807, 2.05) is 6.92 Å². The highest BCUT2D eigenvalue weighted by atomic mass is 19.1. The van der Waals surface area contributed by atoms with E-state index in [4.69, 9.17) is 5.11 Å². The van der Waals surface area contributed by atoms with E-state index in [9.17, 15) is 4.39 Å². The molecule has 0 aliphatic carbocycles. The standard InChI is InChI=1S/C10H14FNO/c1-8-2-3-10(11)9(6-8)7-12-4-5-13/h2-3,6,12-13H,4-5,7H2,1H3. The SMILES string of the molecule is Cc1ccc(F)c(CNCCO)c1. The highest BCUT2D eigenvalue weighted by Crippen LogP contribution is 2.09. The van der Waals surface area contributed by atoms with Gasteiger partial charge in [-0.05, 0) is 13.0 Å². The molecule has 0 aromatic heterocycles. The molecule has 0 saturated carbocycles. The molecule has 0 bridgehead atoms. The molecule has 0 unspecified atom stereocenters. The summed E-state index contributed by atoms with van der Waals surface area (Å²) in [5.74, 6) is -0.198. The maximum atomic E-state index is 13.1. The molecular weight excluding hydrogens is 169 g/mol. The lowest BCUT2D eigenvalue weighted by molar-refractivity contribution is 0.291. The number of nitrogens with one attached hydrogen (secondary N) is 1. The van der Waals surface area contributed by atoms with Crippen molar-refractivity contribution in [3.63, 3.8) is 0 Å². The quantitative estimate of drug-likeness (QED) is 0.688. The van der Waals surface area contributed by atoms with Crippen molar-refractivity contribution >= 4 is 0 Å². The molecule has 0 saturated heterocycles. The fraction of sp³-hybridized carbons (Fsp3) is 0.400. The van der Waals surface area contributed by atoms with Crippen LogP contribution in [0.5, 0.6) is 0 Å². The summed E-state index contributed by atoms with van der Waals surface area (Å²) < 4.78 is 13.1. The Balaban J connectivity index is 2.59. The van der Waals surface area contributed by atoms with Gasteiger partial charge in [0.05, 0.1) is 6.61 Å². The predicted octanol–water partition coefficient (Wildman–Crippen LogP) is 1.22. The van der Waals surface area contributed by atoms with Gasteiger partial charge in [0.25, 0.3) is 0 Å². The third-order valence-electron chi connectivity index (χ3n) is 1.81. The van der Waals surface area contributed by atoms with E-state index in [0.29, 0.717) is 18.7 Å². The average molecular weight is 183 g/mol. The minimum Gasteiger partial charge on any atom is -0.395 e. The summed E-state index contributed by atoms with van der Waals surface area (Å²) in [4.78, 5) is 0. The van der Waals surface area contributed by atoms with Crippen LogP contribution < -0.4 is 5.32 Å². The van der Waals surface area contributed by atoms with Crippen LogP contribution in [0.4, 0.5) is 4.39 Å². The van der Waals surface area contributed by atoms with Gasteiger partial charge in [-0.2, -0.15) is 0 Å². The number of halogens is 1. The summed E-state index contributed by atoms with van der Waals surface area (Å²) in [6.45, 7) is 2.96. The summed E-state index contributed by atoms with van der Waals surface area (Å²) in [5.41, 5.74) is 1.69. The normalized spacial score (nSPS) is 10.4. The van der Waals surface area contributed by atoms with Crippen LogP contribution in [-0.4, -0.2) is 18.3 Å². The second-order valence-electron chi connectivity index (χ2n) is 3.00. The molecular formula is C10H14FNO. The molecule has 0 radical (unpaired) electrons. The van der Waals surface area contributed by atoms with E-state index in [0.717, 1.165) is 5.56 Å². The molecule has 0 amide bonds. The molecule has 1 aromatic carbocycles. The second-order valence-corrected chi connectivity index (χ2v) is 3.00. The third-order valence-corrected chi connectivity index (χ3v) is 1.81. The molecule has 2 nitrogen and oxygen atoms in total. The Bertz CT molecular complexity index is 276. The van der Waals surface area contributed by atoms with Crippen LogP contribution in [-0.2, 0) is 6.54 Å². The van der Waals surface area contributed by atoms with Crippen molar-refractivity contribution < 1.29 is 9.50 Å². The fourth-order valence-electron chi connectivity index (χ4n) is 1.14. The van der Waals surface area contributed by atoms with Crippen LogP contribution in [0.25, 0.3) is 0 Å². The molecule has 1 aromatic rings. The van der Waals surface area contributed by atoms with Crippen molar-refractivity contribution in [3.05, 3.63) is 35.1 Å². The number of aliphatic hydroxyl groups is 1. The second kappa shape index (κ2) is 4.94. The number of hydrogen-bond acceptors (Lipinski definition) is 2. The Kier molecular flexibility index (Phi) is 3.86. The van der Waals surface area contributed by atoms with Gasteiger partial charge < -0.3 is 10.4 Å². The predicted molar refractivity (Wildman–Crippen MR) is 49.9 cm³/mol. The van der Waals surface area contributed by atoms with Gasteiger partial charge in [0, 0.05) is 18.7 Å². The number of rotatable bonds is 4. The topological polar surface area (TPSA) is 32.3 Å². The van der Waals surface area contributed by atoms with Crippen LogP contribution >= 0.6 is 0 Å². The fourth-order valence-corrected chi connectivity index (χ4v) is 1.14. The molecule has 3 heteroatoms. The molecule has 0 aliphatic heterocycles. The van der Waals surface area contributed by atoms with Gasteiger partial charge >= 0.3 is 0 Å². The van der Waals surface area contributed by atoms with Crippen molar-refractivity contribution in [3.8, 4) is 0 Å². The molecule has 13 heavy (non-hydrogen) atoms. The van der Waals surface area contributed by atoms with Crippen LogP contribution in [0.2, 0.25) is 0 Å². The van der Waals surface area contributed by atoms with Crippen molar-refractivity contribution in [1.82, 2.24) is 5.32 Å². The Labute approximate surface area is 77.4 Å². The Morgan fingerprint density at radius 1 is 1.46 bits per heavy atom. The van der Waals surface area contributed by atoms with E-state index in [-0.39, 0.29) is 12.4 Å². The van der Waals surface area contributed by atoms with E-state index < -0.39 is 0 Å². The third kappa shape index (κ3) is 3.13. The van der Waals surface area contributed by atoms with Gasteiger partial charge in [0.15, 0.2) is 0 Å². The molecule has 0 aliphatic rings. The van der Waals surface area contributed by atoms with E-state index in [1.165, 1.54) is 6.07 Å². The van der Waals surface area contributed by atoms with Gasteiger partial charge in [-0.15, -0.1) is 0 Å². The summed E-state index contributed by atoms with van der Waals surface area (Å²) in [6.07, 6.45) is 0. The maximum absolute atomic E-state index is 13.1. The number of aliphatic hydroxyl groups excluding tert-OH is 1. The molecule has 1 rings (SSSR count). The lowest BCUT2D eigenvalue weighted by Crippen LogP contribution is -2.18. The van der Waals surface area contributed by atoms with Crippen molar-refractivity contribution in [2.45, 2.75) is 13.5 Å². The zero-order valence-electron chi connectivity index (χ0n) is 7.68. The van der Waals surface area contributed by atoms with E-state index >= 15 is 0 Å². The molecule has 0 fully saturated rings. The van der Waals surface area contributed by atoms with E-state index in [2.05, 4.69) is 5.32 Å². The zero-order valence-corrected chi connectivity index (χ0v) is 7.68. The lowest BCUT2D eigenvalue weighted by atomic mass is 10.1. The van der Waals surface area contributed by atoms with Crippen LogP contribution in [0.15, 0.2) is 18.2 Å².